The summed E-state index contributed by atoms with van der Waals surface area (Å²) in [6.07, 6.45) is 0. The van der Waals surface area contributed by atoms with Crippen LogP contribution in [0.1, 0.15) is 10.4 Å². The van der Waals surface area contributed by atoms with Crippen molar-refractivity contribution in [2.45, 2.75) is 4.90 Å². The van der Waals surface area contributed by atoms with Gasteiger partial charge in [-0.15, -0.1) is 0 Å². The maximum Gasteiger partial charge on any atom is 0.258 e. The van der Waals surface area contributed by atoms with Crippen LogP contribution in [-0.4, -0.2) is 52.0 Å². The number of amides is 1. The third kappa shape index (κ3) is 3.98. The van der Waals surface area contributed by atoms with Gasteiger partial charge in [0.1, 0.15) is 10.6 Å². The Morgan fingerprint density at radius 1 is 1.18 bits per heavy atom. The van der Waals surface area contributed by atoms with Crippen molar-refractivity contribution in [1.82, 2.24) is 4.31 Å². The van der Waals surface area contributed by atoms with Crippen LogP contribution in [0, 0.1) is 11.6 Å². The van der Waals surface area contributed by atoms with Crippen LogP contribution in [-0.2, 0) is 14.8 Å². The maximum absolute atomic E-state index is 13.8. The summed E-state index contributed by atoms with van der Waals surface area (Å²) >= 11 is 0. The van der Waals surface area contributed by atoms with Crippen LogP contribution >= 0.6 is 0 Å². The molecule has 0 unspecified atom stereocenters. The zero-order chi connectivity index (χ0) is 20.3. The van der Waals surface area contributed by atoms with Gasteiger partial charge in [-0.2, -0.15) is 4.31 Å². The molecule has 2 aromatic carbocycles. The Balaban J connectivity index is 1.92. The van der Waals surface area contributed by atoms with Gasteiger partial charge >= 0.3 is 0 Å². The molecule has 150 valence electrons. The van der Waals surface area contributed by atoms with Crippen LogP contribution in [0.15, 0.2) is 41.3 Å². The van der Waals surface area contributed by atoms with E-state index in [1.165, 1.54) is 35.7 Å². The molecule has 0 radical (unpaired) electrons. The molecule has 0 aromatic heterocycles. The van der Waals surface area contributed by atoms with Gasteiger partial charge < -0.3 is 14.8 Å². The van der Waals surface area contributed by atoms with E-state index < -0.39 is 33.1 Å². The van der Waals surface area contributed by atoms with Crippen LogP contribution in [0.5, 0.6) is 5.75 Å². The zero-order valence-corrected chi connectivity index (χ0v) is 15.8. The number of benzene rings is 2. The summed E-state index contributed by atoms with van der Waals surface area (Å²) in [6.45, 7) is 0.931. The quantitative estimate of drug-likeness (QED) is 0.814. The molecule has 1 aliphatic heterocycles. The fourth-order valence-corrected chi connectivity index (χ4v) is 4.35. The van der Waals surface area contributed by atoms with Crippen molar-refractivity contribution in [3.63, 3.8) is 0 Å². The molecule has 0 bridgehead atoms. The average molecular weight is 412 g/mol. The van der Waals surface area contributed by atoms with Crippen LogP contribution in [0.25, 0.3) is 0 Å². The fourth-order valence-electron chi connectivity index (χ4n) is 2.76. The Bertz CT molecular complexity index is 991. The van der Waals surface area contributed by atoms with E-state index in [1.54, 1.807) is 0 Å². The van der Waals surface area contributed by atoms with E-state index in [9.17, 15) is 22.0 Å². The van der Waals surface area contributed by atoms with E-state index in [0.717, 1.165) is 12.1 Å². The zero-order valence-electron chi connectivity index (χ0n) is 14.9. The van der Waals surface area contributed by atoms with Crippen molar-refractivity contribution in [3.8, 4) is 5.75 Å². The molecule has 0 aliphatic carbocycles. The van der Waals surface area contributed by atoms with E-state index in [4.69, 9.17) is 9.47 Å². The van der Waals surface area contributed by atoms with Crippen LogP contribution in [0.2, 0.25) is 0 Å². The molecule has 0 spiro atoms. The number of carbonyl (C=O) groups is 1. The van der Waals surface area contributed by atoms with Crippen molar-refractivity contribution in [2.75, 3.05) is 38.7 Å². The molecule has 0 atom stereocenters. The third-order valence-electron chi connectivity index (χ3n) is 4.21. The summed E-state index contributed by atoms with van der Waals surface area (Å²) in [5.74, 6) is -3.24. The number of hydrogen-bond donors (Lipinski definition) is 1. The lowest BCUT2D eigenvalue weighted by molar-refractivity contribution is 0.0729. The third-order valence-corrected chi connectivity index (χ3v) is 6.13. The molecule has 0 saturated carbocycles. The van der Waals surface area contributed by atoms with E-state index >= 15 is 0 Å². The van der Waals surface area contributed by atoms with Crippen LogP contribution in [0.3, 0.4) is 0 Å². The number of halogens is 2. The van der Waals surface area contributed by atoms with Gasteiger partial charge in [-0.1, -0.05) is 6.07 Å². The number of nitrogens with one attached hydrogen (secondary N) is 1. The number of anilines is 1. The molecule has 1 saturated heterocycles. The Kier molecular flexibility index (Phi) is 5.92. The highest BCUT2D eigenvalue weighted by Crippen LogP contribution is 2.30. The number of sulfonamides is 1. The van der Waals surface area contributed by atoms with Gasteiger partial charge in [0.25, 0.3) is 5.91 Å². The van der Waals surface area contributed by atoms with Crippen molar-refractivity contribution >= 4 is 21.6 Å². The van der Waals surface area contributed by atoms with Gasteiger partial charge in [-0.3, -0.25) is 4.79 Å². The molecule has 1 heterocycles. The highest BCUT2D eigenvalue weighted by Gasteiger charge is 2.29. The minimum Gasteiger partial charge on any atom is -0.495 e. The fraction of sp³-hybridized carbons (Fsp3) is 0.278. The standard InChI is InChI=1S/C18H18F2N2O5S/c1-26-15-6-5-12(21-18(23)13-3-2-4-14(19)17(13)20)11-16(15)28(24,25)22-7-9-27-10-8-22/h2-6,11H,7-10H2,1H3,(H,21,23). The van der Waals surface area contributed by atoms with Crippen molar-refractivity contribution in [3.05, 3.63) is 53.6 Å². The molecular weight excluding hydrogens is 394 g/mol. The lowest BCUT2D eigenvalue weighted by Crippen LogP contribution is -2.40. The van der Waals surface area contributed by atoms with Crippen molar-refractivity contribution < 1.29 is 31.5 Å². The molecule has 7 nitrogen and oxygen atoms in total. The molecule has 1 aliphatic rings. The number of morpholine rings is 1. The Hall–Kier alpha value is -2.56. The van der Waals surface area contributed by atoms with Gasteiger partial charge in [0.15, 0.2) is 11.6 Å². The molecule has 1 amide bonds. The molecule has 1 fully saturated rings. The Morgan fingerprint density at radius 2 is 1.89 bits per heavy atom. The second-order valence-electron chi connectivity index (χ2n) is 5.94. The highest BCUT2D eigenvalue weighted by molar-refractivity contribution is 7.89. The van der Waals surface area contributed by atoms with Gasteiger partial charge in [0.05, 0.1) is 25.9 Å². The van der Waals surface area contributed by atoms with E-state index in [-0.39, 0.29) is 42.6 Å². The van der Waals surface area contributed by atoms with Crippen LogP contribution in [0.4, 0.5) is 14.5 Å². The normalized spacial score (nSPS) is 15.2. The van der Waals surface area contributed by atoms with Gasteiger partial charge in [-0.05, 0) is 30.3 Å². The maximum atomic E-state index is 13.8. The number of carbonyl (C=O) groups excluding carboxylic acids is 1. The summed E-state index contributed by atoms with van der Waals surface area (Å²) in [5, 5.41) is 2.38. The monoisotopic (exact) mass is 412 g/mol. The Morgan fingerprint density at radius 3 is 2.57 bits per heavy atom. The topological polar surface area (TPSA) is 84.9 Å². The first-order chi connectivity index (χ1) is 13.3. The first kappa shape index (κ1) is 20.2. The minimum atomic E-state index is -3.90. The second kappa shape index (κ2) is 8.21. The number of nitrogens with zero attached hydrogens (tertiary/aromatic N) is 1. The molecular formula is C18H18F2N2O5S. The van der Waals surface area contributed by atoms with Gasteiger partial charge in [0, 0.05) is 18.8 Å². The lowest BCUT2D eigenvalue weighted by Gasteiger charge is -2.26. The molecule has 10 heteroatoms. The predicted octanol–water partition coefficient (Wildman–Crippen LogP) is 2.25. The first-order valence-corrected chi connectivity index (χ1v) is 9.80. The molecule has 2 aromatic rings. The summed E-state index contributed by atoms with van der Waals surface area (Å²) in [4.78, 5) is 12.1. The smallest absolute Gasteiger partial charge is 0.258 e. The largest absolute Gasteiger partial charge is 0.495 e. The van der Waals surface area contributed by atoms with E-state index in [2.05, 4.69) is 5.32 Å². The summed E-state index contributed by atoms with van der Waals surface area (Å²) in [5.41, 5.74) is -0.394. The number of rotatable bonds is 5. The van der Waals surface area contributed by atoms with Crippen molar-refractivity contribution in [1.29, 1.82) is 0 Å². The van der Waals surface area contributed by atoms with Crippen molar-refractivity contribution in [2.24, 2.45) is 0 Å². The van der Waals surface area contributed by atoms with E-state index in [0.29, 0.717) is 0 Å². The number of hydrogen-bond acceptors (Lipinski definition) is 5. The molecule has 3 rings (SSSR count). The lowest BCUT2D eigenvalue weighted by atomic mass is 10.2. The minimum absolute atomic E-state index is 0.0984. The van der Waals surface area contributed by atoms with Crippen LogP contribution < -0.4 is 10.1 Å². The summed E-state index contributed by atoms with van der Waals surface area (Å²) in [7, 11) is -2.57. The molecule has 28 heavy (non-hydrogen) atoms. The highest BCUT2D eigenvalue weighted by atomic mass is 32.2. The average Bonchev–Trinajstić information content (AvgIpc) is 2.70. The van der Waals surface area contributed by atoms with Gasteiger partial charge in [-0.25, -0.2) is 17.2 Å². The molecule has 1 N–H and O–H groups in total. The van der Waals surface area contributed by atoms with E-state index in [1.807, 2.05) is 0 Å². The first-order valence-electron chi connectivity index (χ1n) is 8.36. The predicted molar refractivity (Wildman–Crippen MR) is 96.9 cm³/mol. The Labute approximate surface area is 160 Å². The number of ether oxygens (including phenoxy) is 2. The van der Waals surface area contributed by atoms with Gasteiger partial charge in [0.2, 0.25) is 10.0 Å². The summed E-state index contributed by atoms with van der Waals surface area (Å²) < 4.78 is 64.6. The summed E-state index contributed by atoms with van der Waals surface area (Å²) in [6, 6.07) is 7.24. The second-order valence-corrected chi connectivity index (χ2v) is 7.84. The number of methoxy groups -OCH3 is 1. The SMILES string of the molecule is COc1ccc(NC(=O)c2cccc(F)c2F)cc1S(=O)(=O)N1CCOCC1.